The Balaban J connectivity index is 1.54. The first kappa shape index (κ1) is 21.4. The minimum Gasteiger partial charge on any atom is -0.300 e. The molecule has 0 bridgehead atoms. The average molecular weight is 446 g/mol. The smallest absolute Gasteiger partial charge is 0.236 e. The van der Waals surface area contributed by atoms with Gasteiger partial charge in [0.05, 0.1) is 11.5 Å². The van der Waals surface area contributed by atoms with E-state index in [1.807, 2.05) is 38.1 Å². The standard InChI is InChI=1S/C19H19N5O2S3/c1-3-16-23-24-19(29-16)21-15(26)11-27-17-9-12(2)20-18(22-17)28-10-14(25)13-7-5-4-6-8-13/h4-9H,3,10-11H2,1-2H3,(H,21,24,26). The second kappa shape index (κ2) is 10.5. The van der Waals surface area contributed by atoms with E-state index in [9.17, 15) is 9.59 Å². The van der Waals surface area contributed by atoms with Crippen LogP contribution in [0.4, 0.5) is 5.13 Å². The van der Waals surface area contributed by atoms with Gasteiger partial charge in [0.2, 0.25) is 11.0 Å². The van der Waals surface area contributed by atoms with E-state index < -0.39 is 0 Å². The van der Waals surface area contributed by atoms with Gasteiger partial charge in [-0.25, -0.2) is 9.97 Å². The van der Waals surface area contributed by atoms with E-state index in [1.54, 1.807) is 12.1 Å². The number of rotatable bonds is 9. The molecule has 10 heteroatoms. The number of ketones is 1. The maximum Gasteiger partial charge on any atom is 0.236 e. The zero-order valence-corrected chi connectivity index (χ0v) is 18.4. The van der Waals surface area contributed by atoms with E-state index in [2.05, 4.69) is 25.5 Å². The summed E-state index contributed by atoms with van der Waals surface area (Å²) in [4.78, 5) is 33.2. The Morgan fingerprint density at radius 1 is 1.07 bits per heavy atom. The predicted octanol–water partition coefficient (Wildman–Crippen LogP) is 3.90. The van der Waals surface area contributed by atoms with Crippen LogP contribution in [0.3, 0.4) is 0 Å². The Morgan fingerprint density at radius 2 is 1.86 bits per heavy atom. The van der Waals surface area contributed by atoms with E-state index >= 15 is 0 Å². The molecule has 0 fully saturated rings. The van der Waals surface area contributed by atoms with Gasteiger partial charge in [0.1, 0.15) is 10.0 Å². The summed E-state index contributed by atoms with van der Waals surface area (Å²) in [6.07, 6.45) is 0.787. The Labute approximate surface area is 181 Å². The van der Waals surface area contributed by atoms with Crippen molar-refractivity contribution >= 4 is 51.7 Å². The number of anilines is 1. The number of Topliss-reactive ketones (excluding diaryl/α,β-unsaturated/α-hetero) is 1. The average Bonchev–Trinajstić information content (AvgIpc) is 3.18. The van der Waals surface area contributed by atoms with Crippen molar-refractivity contribution in [1.29, 1.82) is 0 Å². The molecule has 3 aromatic rings. The van der Waals surface area contributed by atoms with Crippen molar-refractivity contribution in [3.05, 3.63) is 52.7 Å². The van der Waals surface area contributed by atoms with Gasteiger partial charge >= 0.3 is 0 Å². The summed E-state index contributed by atoms with van der Waals surface area (Å²) in [6, 6.07) is 11.0. The highest BCUT2D eigenvalue weighted by molar-refractivity contribution is 8.00. The van der Waals surface area contributed by atoms with Crippen molar-refractivity contribution in [3.8, 4) is 0 Å². The van der Waals surface area contributed by atoms with Crippen LogP contribution in [0.15, 0.2) is 46.6 Å². The van der Waals surface area contributed by atoms with E-state index in [1.165, 1.54) is 34.9 Å². The molecule has 0 aliphatic heterocycles. The molecule has 7 nitrogen and oxygen atoms in total. The molecule has 2 heterocycles. The SMILES string of the molecule is CCc1nnc(NC(=O)CSc2cc(C)nc(SCC(=O)c3ccccc3)n2)s1. The molecular formula is C19H19N5O2S3. The number of carbonyl (C=O) groups is 2. The van der Waals surface area contributed by atoms with Crippen LogP contribution < -0.4 is 5.32 Å². The number of benzene rings is 1. The van der Waals surface area contributed by atoms with Crippen LogP contribution in [0.5, 0.6) is 0 Å². The molecule has 0 unspecified atom stereocenters. The molecular weight excluding hydrogens is 426 g/mol. The lowest BCUT2D eigenvalue weighted by Gasteiger charge is -2.06. The number of aryl methyl sites for hydroxylation is 2. The molecule has 1 N–H and O–H groups in total. The van der Waals surface area contributed by atoms with E-state index in [-0.39, 0.29) is 23.2 Å². The van der Waals surface area contributed by atoms with Crippen LogP contribution in [-0.2, 0) is 11.2 Å². The zero-order valence-electron chi connectivity index (χ0n) is 15.9. The summed E-state index contributed by atoms with van der Waals surface area (Å²) in [5, 5.41) is 13.3. The summed E-state index contributed by atoms with van der Waals surface area (Å²) in [7, 11) is 0. The van der Waals surface area contributed by atoms with Crippen LogP contribution in [0.2, 0.25) is 0 Å². The lowest BCUT2D eigenvalue weighted by atomic mass is 10.2. The number of nitrogens with one attached hydrogen (secondary N) is 1. The van der Waals surface area contributed by atoms with Crippen molar-refractivity contribution in [2.75, 3.05) is 16.8 Å². The molecule has 0 spiro atoms. The van der Waals surface area contributed by atoms with E-state index in [0.29, 0.717) is 20.9 Å². The molecule has 1 amide bonds. The zero-order chi connectivity index (χ0) is 20.6. The monoisotopic (exact) mass is 445 g/mol. The molecule has 0 aliphatic rings. The first-order valence-corrected chi connectivity index (χ1v) is 11.6. The van der Waals surface area contributed by atoms with Gasteiger partial charge in [-0.3, -0.25) is 14.9 Å². The fourth-order valence-electron chi connectivity index (χ4n) is 2.23. The van der Waals surface area contributed by atoms with Crippen LogP contribution in [0.1, 0.15) is 28.0 Å². The number of amides is 1. The highest BCUT2D eigenvalue weighted by atomic mass is 32.2. The highest BCUT2D eigenvalue weighted by Gasteiger charge is 2.12. The van der Waals surface area contributed by atoms with Gasteiger partial charge in [-0.2, -0.15) is 0 Å². The third-order valence-electron chi connectivity index (χ3n) is 3.61. The molecule has 3 rings (SSSR count). The quantitative estimate of drug-likeness (QED) is 0.229. The van der Waals surface area contributed by atoms with E-state index in [4.69, 9.17) is 0 Å². The highest BCUT2D eigenvalue weighted by Crippen LogP contribution is 2.22. The van der Waals surface area contributed by atoms with Crippen LogP contribution in [-0.4, -0.2) is 43.4 Å². The second-order valence-corrected chi connectivity index (χ2v) is 8.90. The summed E-state index contributed by atoms with van der Waals surface area (Å²) in [5.41, 5.74) is 1.45. The summed E-state index contributed by atoms with van der Waals surface area (Å²) in [6.45, 7) is 3.85. The Bertz CT molecular complexity index is 995. The molecule has 2 aromatic heterocycles. The molecule has 29 heavy (non-hydrogen) atoms. The Hall–Kier alpha value is -2.30. The molecule has 150 valence electrons. The normalized spacial score (nSPS) is 10.7. The minimum absolute atomic E-state index is 0.0257. The number of carbonyl (C=O) groups excluding carboxylic acids is 2. The lowest BCUT2D eigenvalue weighted by Crippen LogP contribution is -2.14. The number of hydrogen-bond donors (Lipinski definition) is 1. The summed E-state index contributed by atoms with van der Waals surface area (Å²) in [5.74, 6) is 0.315. The first-order chi connectivity index (χ1) is 14.0. The molecule has 0 saturated carbocycles. The second-order valence-electron chi connectivity index (χ2n) is 5.90. The molecule has 0 atom stereocenters. The largest absolute Gasteiger partial charge is 0.300 e. The third-order valence-corrected chi connectivity index (χ3v) is 6.35. The van der Waals surface area contributed by atoms with Crippen LogP contribution >= 0.6 is 34.9 Å². The molecule has 1 aromatic carbocycles. The summed E-state index contributed by atoms with van der Waals surface area (Å²) >= 11 is 3.98. The van der Waals surface area contributed by atoms with Crippen molar-refractivity contribution in [3.63, 3.8) is 0 Å². The van der Waals surface area contributed by atoms with Gasteiger partial charge in [0, 0.05) is 11.3 Å². The van der Waals surface area contributed by atoms with Crippen molar-refractivity contribution < 1.29 is 9.59 Å². The lowest BCUT2D eigenvalue weighted by molar-refractivity contribution is -0.113. The summed E-state index contributed by atoms with van der Waals surface area (Å²) < 4.78 is 0. The number of thioether (sulfide) groups is 2. The van der Waals surface area contributed by atoms with Crippen molar-refractivity contribution in [2.45, 2.75) is 30.5 Å². The molecule has 0 radical (unpaired) electrons. The Morgan fingerprint density at radius 3 is 2.59 bits per heavy atom. The van der Waals surface area contributed by atoms with Crippen molar-refractivity contribution in [1.82, 2.24) is 20.2 Å². The van der Waals surface area contributed by atoms with E-state index in [0.717, 1.165) is 17.1 Å². The fraction of sp³-hybridized carbons (Fsp3) is 0.263. The number of nitrogens with zero attached hydrogens (tertiary/aromatic N) is 4. The first-order valence-electron chi connectivity index (χ1n) is 8.85. The van der Waals surface area contributed by atoms with Gasteiger partial charge in [-0.15, -0.1) is 10.2 Å². The maximum absolute atomic E-state index is 12.3. The minimum atomic E-state index is -0.168. The number of hydrogen-bond acceptors (Lipinski definition) is 9. The van der Waals surface area contributed by atoms with Crippen LogP contribution in [0.25, 0.3) is 0 Å². The predicted molar refractivity (Wildman–Crippen MR) is 117 cm³/mol. The van der Waals surface area contributed by atoms with Gasteiger partial charge in [-0.05, 0) is 19.4 Å². The topological polar surface area (TPSA) is 97.7 Å². The fourth-order valence-corrected chi connectivity index (χ4v) is 4.54. The Kier molecular flexibility index (Phi) is 7.73. The number of aromatic nitrogens is 4. The van der Waals surface area contributed by atoms with Gasteiger partial charge in [0.15, 0.2) is 10.9 Å². The van der Waals surface area contributed by atoms with Crippen molar-refractivity contribution in [2.24, 2.45) is 0 Å². The molecule has 0 saturated heterocycles. The third kappa shape index (κ3) is 6.62. The maximum atomic E-state index is 12.3. The van der Waals surface area contributed by atoms with Crippen LogP contribution in [0, 0.1) is 6.92 Å². The van der Waals surface area contributed by atoms with Gasteiger partial charge in [0.25, 0.3) is 0 Å². The molecule has 0 aliphatic carbocycles. The van der Waals surface area contributed by atoms with Gasteiger partial charge < -0.3 is 0 Å². The van der Waals surface area contributed by atoms with Gasteiger partial charge in [-0.1, -0.05) is 72.1 Å².